The molecule has 0 saturated heterocycles. The molecule has 2 heterocycles. The van der Waals surface area contributed by atoms with Crippen LogP contribution in [0, 0.1) is 0 Å². The van der Waals surface area contributed by atoms with E-state index in [0.717, 1.165) is 5.56 Å². The van der Waals surface area contributed by atoms with Crippen LogP contribution < -0.4 is 10.0 Å². The molecule has 0 amide bonds. The van der Waals surface area contributed by atoms with Gasteiger partial charge in [-0.05, 0) is 18.1 Å². The van der Waals surface area contributed by atoms with E-state index in [1.807, 2.05) is 18.2 Å². The summed E-state index contributed by atoms with van der Waals surface area (Å²) in [5.74, 6) is 0. The highest BCUT2D eigenvalue weighted by Crippen LogP contribution is 2.33. The Labute approximate surface area is 128 Å². The molecule has 0 bridgehead atoms. The van der Waals surface area contributed by atoms with Crippen LogP contribution in [0.5, 0.6) is 0 Å². The van der Waals surface area contributed by atoms with E-state index < -0.39 is 10.0 Å². The molecule has 6 nitrogen and oxygen atoms in total. The van der Waals surface area contributed by atoms with Crippen LogP contribution in [0.25, 0.3) is 0 Å². The van der Waals surface area contributed by atoms with Crippen LogP contribution in [0.4, 0.5) is 5.69 Å². The molecule has 0 aliphatic carbocycles. The van der Waals surface area contributed by atoms with E-state index in [2.05, 4.69) is 5.10 Å². The summed E-state index contributed by atoms with van der Waals surface area (Å²) in [5.41, 5.74) is 7.57. The Morgan fingerprint density at radius 2 is 2.10 bits per heavy atom. The highest BCUT2D eigenvalue weighted by atomic mass is 35.5. The summed E-state index contributed by atoms with van der Waals surface area (Å²) in [6.45, 7) is 0.223. The monoisotopic (exact) mass is 326 g/mol. The first-order chi connectivity index (χ1) is 9.91. The number of anilines is 1. The number of hydrogen-bond acceptors (Lipinski definition) is 4. The number of fused-ring (bicyclic) bond motifs is 1. The number of nitrogens with zero attached hydrogens (tertiary/aromatic N) is 3. The third-order valence-corrected chi connectivity index (χ3v) is 5.81. The number of nitrogens with two attached hydrogens (primary N) is 1. The lowest BCUT2D eigenvalue weighted by atomic mass is 10.0. The Bertz CT molecular complexity index is 768. The van der Waals surface area contributed by atoms with E-state index in [0.29, 0.717) is 12.1 Å². The zero-order valence-corrected chi connectivity index (χ0v) is 13.0. The molecule has 2 N–H and O–H groups in total. The zero-order chi connectivity index (χ0) is 15.2. The van der Waals surface area contributed by atoms with Crippen molar-refractivity contribution in [3.63, 3.8) is 0 Å². The minimum absolute atomic E-state index is 0.0203. The number of sulfonamides is 1. The maximum atomic E-state index is 12.9. The largest absolute Gasteiger partial charge is 0.326 e. The van der Waals surface area contributed by atoms with Crippen molar-refractivity contribution in [3.05, 3.63) is 41.0 Å². The molecule has 8 heteroatoms. The average molecular weight is 327 g/mol. The molecule has 2 aromatic rings. The van der Waals surface area contributed by atoms with E-state index in [1.165, 1.54) is 15.2 Å². The molecule has 0 spiro atoms. The zero-order valence-electron chi connectivity index (χ0n) is 11.4. The number of hydrogen-bond donors (Lipinski definition) is 1. The number of rotatable bonds is 2. The van der Waals surface area contributed by atoms with Crippen molar-refractivity contribution < 1.29 is 8.42 Å². The van der Waals surface area contributed by atoms with Gasteiger partial charge in [0.25, 0.3) is 10.0 Å². The molecule has 1 atom stereocenters. The molecule has 112 valence electrons. The van der Waals surface area contributed by atoms with Crippen molar-refractivity contribution >= 4 is 27.3 Å². The van der Waals surface area contributed by atoms with Gasteiger partial charge >= 0.3 is 0 Å². The number of benzene rings is 1. The molecule has 1 aliphatic heterocycles. The van der Waals surface area contributed by atoms with Gasteiger partial charge in [-0.3, -0.25) is 8.99 Å². The summed E-state index contributed by atoms with van der Waals surface area (Å²) < 4.78 is 28.4. The molecule has 1 aromatic carbocycles. The van der Waals surface area contributed by atoms with Gasteiger partial charge in [-0.1, -0.05) is 29.8 Å². The number of para-hydroxylation sites is 1. The Balaban J connectivity index is 2.16. The minimum atomic E-state index is -3.80. The SMILES string of the molecule is Cn1ncc(Cl)c1S(=O)(=O)N1CC(N)Cc2ccccc21. The fraction of sp³-hybridized carbons (Fsp3) is 0.308. The van der Waals surface area contributed by atoms with Gasteiger partial charge in [0.1, 0.15) is 0 Å². The van der Waals surface area contributed by atoms with Crippen molar-refractivity contribution in [2.75, 3.05) is 10.8 Å². The Morgan fingerprint density at radius 1 is 1.38 bits per heavy atom. The molecular formula is C13H15ClN4O2S. The molecular weight excluding hydrogens is 312 g/mol. The average Bonchev–Trinajstić information content (AvgIpc) is 2.77. The second-order valence-electron chi connectivity index (χ2n) is 5.05. The van der Waals surface area contributed by atoms with E-state index in [1.54, 1.807) is 13.1 Å². The molecule has 1 aliphatic rings. The quantitative estimate of drug-likeness (QED) is 0.897. The Hall–Kier alpha value is -1.57. The summed E-state index contributed by atoms with van der Waals surface area (Å²) in [4.78, 5) is 0. The second-order valence-corrected chi connectivity index (χ2v) is 7.24. The lowest BCUT2D eigenvalue weighted by Gasteiger charge is -2.33. The lowest BCUT2D eigenvalue weighted by Crippen LogP contribution is -2.46. The summed E-state index contributed by atoms with van der Waals surface area (Å²) in [7, 11) is -2.25. The summed E-state index contributed by atoms with van der Waals surface area (Å²) in [5, 5.41) is 3.99. The van der Waals surface area contributed by atoms with Gasteiger partial charge in [-0.2, -0.15) is 13.5 Å². The Kier molecular flexibility index (Phi) is 3.43. The minimum Gasteiger partial charge on any atom is -0.326 e. The Morgan fingerprint density at radius 3 is 2.76 bits per heavy atom. The van der Waals surface area contributed by atoms with Gasteiger partial charge in [0.15, 0.2) is 5.03 Å². The third kappa shape index (κ3) is 2.31. The van der Waals surface area contributed by atoms with Gasteiger partial charge in [0, 0.05) is 19.6 Å². The van der Waals surface area contributed by atoms with Gasteiger partial charge in [0.05, 0.1) is 16.9 Å². The molecule has 0 saturated carbocycles. The van der Waals surface area contributed by atoms with Crippen molar-refractivity contribution in [1.82, 2.24) is 9.78 Å². The number of aryl methyl sites for hydroxylation is 1. The molecule has 0 radical (unpaired) electrons. The summed E-state index contributed by atoms with van der Waals surface area (Å²) in [6.07, 6.45) is 1.98. The van der Waals surface area contributed by atoms with Crippen molar-refractivity contribution in [1.29, 1.82) is 0 Å². The van der Waals surface area contributed by atoms with Crippen molar-refractivity contribution in [2.24, 2.45) is 12.8 Å². The maximum absolute atomic E-state index is 12.9. The van der Waals surface area contributed by atoms with Crippen LogP contribution in [0.2, 0.25) is 5.02 Å². The van der Waals surface area contributed by atoms with Gasteiger partial charge in [-0.25, -0.2) is 0 Å². The molecule has 0 fully saturated rings. The molecule has 3 rings (SSSR count). The van der Waals surface area contributed by atoms with Gasteiger partial charge in [0.2, 0.25) is 0 Å². The first-order valence-electron chi connectivity index (χ1n) is 6.45. The van der Waals surface area contributed by atoms with Crippen molar-refractivity contribution in [3.8, 4) is 0 Å². The standard InChI is InChI=1S/C13H15ClN4O2S/c1-17-13(11(14)7-16-17)21(19,20)18-8-10(15)6-9-4-2-3-5-12(9)18/h2-5,7,10H,6,8,15H2,1H3. The number of halogens is 1. The maximum Gasteiger partial charge on any atom is 0.283 e. The van der Waals surface area contributed by atoms with E-state index >= 15 is 0 Å². The predicted molar refractivity (Wildman–Crippen MR) is 80.9 cm³/mol. The fourth-order valence-corrected chi connectivity index (χ4v) is 4.78. The molecule has 1 unspecified atom stereocenters. The molecule has 1 aromatic heterocycles. The highest BCUT2D eigenvalue weighted by molar-refractivity contribution is 7.92. The van der Waals surface area contributed by atoms with Gasteiger partial charge in [-0.15, -0.1) is 0 Å². The second kappa shape index (κ2) is 5.01. The van der Waals surface area contributed by atoms with Crippen LogP contribution >= 0.6 is 11.6 Å². The van der Waals surface area contributed by atoms with E-state index in [9.17, 15) is 8.42 Å². The first kappa shape index (κ1) is 14.4. The van der Waals surface area contributed by atoms with Gasteiger partial charge < -0.3 is 5.73 Å². The predicted octanol–water partition coefficient (Wildman–Crippen LogP) is 1.15. The van der Waals surface area contributed by atoms with Crippen molar-refractivity contribution in [2.45, 2.75) is 17.5 Å². The van der Waals surface area contributed by atoms with Crippen LogP contribution in [0.3, 0.4) is 0 Å². The normalized spacial score (nSPS) is 18.6. The third-order valence-electron chi connectivity index (χ3n) is 3.52. The topological polar surface area (TPSA) is 81.2 Å². The summed E-state index contributed by atoms with van der Waals surface area (Å²) in [6, 6.07) is 7.11. The lowest BCUT2D eigenvalue weighted by molar-refractivity contribution is 0.560. The van der Waals surface area contributed by atoms with Crippen LogP contribution in [0.15, 0.2) is 35.5 Å². The van der Waals surface area contributed by atoms with E-state index in [-0.39, 0.29) is 22.6 Å². The highest BCUT2D eigenvalue weighted by Gasteiger charge is 2.35. The summed E-state index contributed by atoms with van der Waals surface area (Å²) >= 11 is 5.99. The van der Waals surface area contributed by atoms with E-state index in [4.69, 9.17) is 17.3 Å². The van der Waals surface area contributed by atoms with Crippen LogP contribution in [-0.2, 0) is 23.5 Å². The van der Waals surface area contributed by atoms with Crippen LogP contribution in [0.1, 0.15) is 5.56 Å². The number of aromatic nitrogens is 2. The smallest absolute Gasteiger partial charge is 0.283 e. The fourth-order valence-electron chi connectivity index (χ4n) is 2.61. The first-order valence-corrected chi connectivity index (χ1v) is 8.27. The van der Waals surface area contributed by atoms with Crippen LogP contribution in [-0.4, -0.2) is 30.8 Å². The molecule has 21 heavy (non-hydrogen) atoms.